The van der Waals surface area contributed by atoms with Gasteiger partial charge in [0.05, 0.1) is 17.2 Å². The van der Waals surface area contributed by atoms with Gasteiger partial charge >= 0.3 is 6.18 Å². The van der Waals surface area contributed by atoms with E-state index in [0.29, 0.717) is 5.75 Å². The summed E-state index contributed by atoms with van der Waals surface area (Å²) in [6, 6.07) is 11.9. The Morgan fingerprint density at radius 3 is 2.48 bits per heavy atom. The van der Waals surface area contributed by atoms with Crippen molar-refractivity contribution in [2.45, 2.75) is 11.1 Å². The van der Waals surface area contributed by atoms with Crippen molar-refractivity contribution >= 4 is 11.8 Å². The summed E-state index contributed by atoms with van der Waals surface area (Å²) in [5.74, 6) is 0.731. The number of nitrogens with zero attached hydrogens (tertiary/aromatic N) is 1. The van der Waals surface area contributed by atoms with Crippen molar-refractivity contribution in [2.75, 3.05) is 6.26 Å². The highest BCUT2D eigenvalue weighted by Crippen LogP contribution is 2.36. The molecule has 0 amide bonds. The summed E-state index contributed by atoms with van der Waals surface area (Å²) < 4.78 is 43.7. The molecule has 21 heavy (non-hydrogen) atoms. The minimum absolute atomic E-state index is 0.195. The second-order valence-corrected chi connectivity index (χ2v) is 4.92. The lowest BCUT2D eigenvalue weighted by Gasteiger charge is -2.12. The van der Waals surface area contributed by atoms with E-state index in [2.05, 4.69) is 0 Å². The number of nitriles is 1. The summed E-state index contributed by atoms with van der Waals surface area (Å²) in [7, 11) is 0. The molecule has 0 N–H and O–H groups in total. The van der Waals surface area contributed by atoms with Gasteiger partial charge in [-0.25, -0.2) is 0 Å². The third-order valence-corrected chi connectivity index (χ3v) is 3.49. The fraction of sp³-hybridized carbons (Fsp3) is 0.133. The van der Waals surface area contributed by atoms with E-state index in [0.717, 1.165) is 17.0 Å². The molecule has 2 rings (SSSR count). The number of benzene rings is 2. The first-order chi connectivity index (χ1) is 9.95. The highest BCUT2D eigenvalue weighted by molar-refractivity contribution is 7.98. The van der Waals surface area contributed by atoms with Gasteiger partial charge in [0.2, 0.25) is 0 Å². The first-order valence-electron chi connectivity index (χ1n) is 5.88. The van der Waals surface area contributed by atoms with E-state index in [-0.39, 0.29) is 5.75 Å². The lowest BCUT2D eigenvalue weighted by atomic mass is 10.1. The Morgan fingerprint density at radius 2 is 1.86 bits per heavy atom. The van der Waals surface area contributed by atoms with E-state index in [4.69, 9.17) is 10.00 Å². The van der Waals surface area contributed by atoms with Crippen LogP contribution in [0.25, 0.3) is 0 Å². The molecule has 2 nitrogen and oxygen atoms in total. The van der Waals surface area contributed by atoms with Crippen LogP contribution in [-0.2, 0) is 6.18 Å². The second kappa shape index (κ2) is 6.10. The Bertz CT molecular complexity index is 692. The molecule has 0 bridgehead atoms. The number of hydrogen-bond donors (Lipinski definition) is 0. The molecule has 0 aliphatic rings. The van der Waals surface area contributed by atoms with Crippen LogP contribution in [0.3, 0.4) is 0 Å². The molecule has 0 heterocycles. The van der Waals surface area contributed by atoms with E-state index in [9.17, 15) is 13.2 Å². The van der Waals surface area contributed by atoms with Crippen LogP contribution >= 0.6 is 11.8 Å². The monoisotopic (exact) mass is 309 g/mol. The van der Waals surface area contributed by atoms with Crippen LogP contribution < -0.4 is 4.74 Å². The number of ether oxygens (including phenoxy) is 1. The van der Waals surface area contributed by atoms with Crippen molar-refractivity contribution in [1.82, 2.24) is 0 Å². The summed E-state index contributed by atoms with van der Waals surface area (Å²) >= 11 is 1.46. The third kappa shape index (κ3) is 3.50. The van der Waals surface area contributed by atoms with Gasteiger partial charge in [0.1, 0.15) is 11.5 Å². The summed E-state index contributed by atoms with van der Waals surface area (Å²) in [6.45, 7) is 0. The zero-order valence-electron chi connectivity index (χ0n) is 10.9. The number of thioether (sulfide) groups is 1. The number of rotatable bonds is 3. The van der Waals surface area contributed by atoms with Crippen LogP contribution in [0.15, 0.2) is 47.4 Å². The maximum atomic E-state index is 12.7. The van der Waals surface area contributed by atoms with Gasteiger partial charge in [-0.05, 0) is 36.6 Å². The highest BCUT2D eigenvalue weighted by atomic mass is 32.2. The predicted molar refractivity (Wildman–Crippen MR) is 74.5 cm³/mol. The van der Waals surface area contributed by atoms with Crippen molar-refractivity contribution in [3.05, 3.63) is 53.6 Å². The van der Waals surface area contributed by atoms with Crippen molar-refractivity contribution in [2.24, 2.45) is 0 Å². The average molecular weight is 309 g/mol. The van der Waals surface area contributed by atoms with Gasteiger partial charge in [-0.1, -0.05) is 12.1 Å². The highest BCUT2D eigenvalue weighted by Gasteiger charge is 2.33. The maximum Gasteiger partial charge on any atom is 0.417 e. The molecule has 0 unspecified atom stereocenters. The Labute approximate surface area is 124 Å². The molecule has 0 fully saturated rings. The third-order valence-electron chi connectivity index (χ3n) is 2.71. The smallest absolute Gasteiger partial charge is 0.417 e. The molecule has 2 aromatic carbocycles. The molecule has 2 aromatic rings. The zero-order chi connectivity index (χ0) is 15.5. The summed E-state index contributed by atoms with van der Waals surface area (Å²) in [4.78, 5) is 0.857. The standard InChI is InChI=1S/C15H10F3NOS/c1-21-14-5-3-2-4-13(14)20-11-6-7-12(15(16,17)18)10(8-11)9-19/h2-8H,1H3. The summed E-state index contributed by atoms with van der Waals surface area (Å²) in [6.07, 6.45) is -2.68. The van der Waals surface area contributed by atoms with Crippen LogP contribution in [0.4, 0.5) is 13.2 Å². The zero-order valence-corrected chi connectivity index (χ0v) is 11.8. The molecule has 6 heteroatoms. The molecule has 0 atom stereocenters. The average Bonchev–Trinajstić information content (AvgIpc) is 2.46. The summed E-state index contributed by atoms with van der Waals surface area (Å²) in [5.41, 5.74) is -1.42. The van der Waals surface area contributed by atoms with Gasteiger partial charge in [0, 0.05) is 4.90 Å². The fourth-order valence-electron chi connectivity index (χ4n) is 1.76. The van der Waals surface area contributed by atoms with Gasteiger partial charge in [-0.15, -0.1) is 11.8 Å². The van der Waals surface area contributed by atoms with Crippen LogP contribution in [0.1, 0.15) is 11.1 Å². The van der Waals surface area contributed by atoms with Crippen molar-refractivity contribution < 1.29 is 17.9 Å². The van der Waals surface area contributed by atoms with Crippen molar-refractivity contribution in [3.63, 3.8) is 0 Å². The van der Waals surface area contributed by atoms with Gasteiger partial charge < -0.3 is 4.74 Å². The van der Waals surface area contributed by atoms with E-state index < -0.39 is 17.3 Å². The Hall–Kier alpha value is -2.13. The van der Waals surface area contributed by atoms with Crippen LogP contribution in [0, 0.1) is 11.3 Å². The normalized spacial score (nSPS) is 11.0. The van der Waals surface area contributed by atoms with Crippen molar-refractivity contribution in [3.8, 4) is 17.6 Å². The number of hydrogen-bond acceptors (Lipinski definition) is 3. The van der Waals surface area contributed by atoms with Gasteiger partial charge in [-0.2, -0.15) is 18.4 Å². The largest absolute Gasteiger partial charge is 0.456 e. The Morgan fingerprint density at radius 1 is 1.14 bits per heavy atom. The number of alkyl halides is 3. The number of halogens is 3. The molecular weight excluding hydrogens is 299 g/mol. The molecular formula is C15H10F3NOS. The van der Waals surface area contributed by atoms with Gasteiger partial charge in [-0.3, -0.25) is 0 Å². The van der Waals surface area contributed by atoms with E-state index >= 15 is 0 Å². The topological polar surface area (TPSA) is 33.0 Å². The number of para-hydroxylation sites is 1. The minimum atomic E-state index is -4.55. The molecule has 0 saturated heterocycles. The molecule has 0 aromatic heterocycles. The second-order valence-electron chi connectivity index (χ2n) is 4.07. The first kappa shape index (κ1) is 15.3. The minimum Gasteiger partial charge on any atom is -0.456 e. The van der Waals surface area contributed by atoms with Crippen LogP contribution in [0.5, 0.6) is 11.5 Å². The quantitative estimate of drug-likeness (QED) is 0.740. The Balaban J connectivity index is 2.37. The molecule has 0 radical (unpaired) electrons. The predicted octanol–water partition coefficient (Wildman–Crippen LogP) is 5.09. The lowest BCUT2D eigenvalue weighted by Crippen LogP contribution is -2.07. The molecule has 0 saturated carbocycles. The SMILES string of the molecule is CSc1ccccc1Oc1ccc(C(F)(F)F)c(C#N)c1. The molecule has 0 spiro atoms. The van der Waals surface area contributed by atoms with Crippen LogP contribution in [0.2, 0.25) is 0 Å². The van der Waals surface area contributed by atoms with Gasteiger partial charge in [0.25, 0.3) is 0 Å². The maximum absolute atomic E-state index is 12.7. The van der Waals surface area contributed by atoms with Crippen molar-refractivity contribution in [1.29, 1.82) is 5.26 Å². The lowest BCUT2D eigenvalue weighted by molar-refractivity contribution is -0.137. The molecule has 108 valence electrons. The Kier molecular flexibility index (Phi) is 4.43. The summed E-state index contributed by atoms with van der Waals surface area (Å²) in [5, 5.41) is 8.86. The molecule has 0 aliphatic carbocycles. The fourth-order valence-corrected chi connectivity index (χ4v) is 2.28. The first-order valence-corrected chi connectivity index (χ1v) is 7.10. The van der Waals surface area contributed by atoms with Gasteiger partial charge in [0.15, 0.2) is 0 Å². The molecule has 0 aliphatic heterocycles. The van der Waals surface area contributed by atoms with E-state index in [1.54, 1.807) is 18.2 Å². The van der Waals surface area contributed by atoms with E-state index in [1.807, 2.05) is 18.4 Å². The van der Waals surface area contributed by atoms with E-state index in [1.165, 1.54) is 17.8 Å². The van der Waals surface area contributed by atoms with Crippen LogP contribution in [-0.4, -0.2) is 6.26 Å².